The monoisotopic (exact) mass is 210 g/mol. The Hall–Kier alpha value is -1.59. The quantitative estimate of drug-likeness (QED) is 0.432. The van der Waals surface area contributed by atoms with Crippen molar-refractivity contribution in [3.05, 3.63) is 29.3 Å². The first kappa shape index (κ1) is 11.5. The third kappa shape index (κ3) is 2.26. The van der Waals surface area contributed by atoms with Crippen LogP contribution in [0.1, 0.15) is 24.2 Å². The Morgan fingerprint density at radius 2 is 2.27 bits per heavy atom. The molecule has 1 aromatic carbocycles. The lowest BCUT2D eigenvalue weighted by Crippen LogP contribution is -2.17. The van der Waals surface area contributed by atoms with Crippen LogP contribution in [0.4, 0.5) is 5.69 Å². The molecule has 0 aliphatic heterocycles. The number of carboxylic acid groups (broad SMARTS) is 1. The number of aliphatic hydroxyl groups is 1. The van der Waals surface area contributed by atoms with Crippen molar-refractivity contribution in [1.29, 1.82) is 0 Å². The standard InChI is InChI=1S/C10H14N2O3/c1-2-6-4-3-5-7(8(6)12-11)9(13)10(14)15/h3-5,9,12-13H,2,11H2,1H3,(H,14,15). The van der Waals surface area contributed by atoms with Gasteiger partial charge in [-0.15, -0.1) is 0 Å². The number of benzene rings is 1. The van der Waals surface area contributed by atoms with Crippen molar-refractivity contribution in [3.63, 3.8) is 0 Å². The Morgan fingerprint density at radius 1 is 1.60 bits per heavy atom. The summed E-state index contributed by atoms with van der Waals surface area (Å²) in [5.74, 6) is 4.02. The molecule has 0 spiro atoms. The van der Waals surface area contributed by atoms with Gasteiger partial charge in [0.25, 0.3) is 0 Å². The lowest BCUT2D eigenvalue weighted by Gasteiger charge is -2.15. The fourth-order valence-corrected chi connectivity index (χ4v) is 1.45. The van der Waals surface area contributed by atoms with E-state index in [4.69, 9.17) is 10.9 Å². The highest BCUT2D eigenvalue weighted by molar-refractivity contribution is 5.77. The molecule has 1 rings (SSSR count). The van der Waals surface area contributed by atoms with Crippen molar-refractivity contribution in [2.24, 2.45) is 5.84 Å². The van der Waals surface area contributed by atoms with Gasteiger partial charge in [-0.2, -0.15) is 0 Å². The average molecular weight is 210 g/mol. The summed E-state index contributed by atoms with van der Waals surface area (Å²) in [6.07, 6.45) is -0.845. The molecule has 0 fully saturated rings. The highest BCUT2D eigenvalue weighted by Crippen LogP contribution is 2.26. The van der Waals surface area contributed by atoms with E-state index in [0.717, 1.165) is 5.56 Å². The van der Waals surface area contributed by atoms with Gasteiger partial charge < -0.3 is 15.6 Å². The minimum Gasteiger partial charge on any atom is -0.479 e. The zero-order chi connectivity index (χ0) is 11.4. The predicted molar refractivity (Wildman–Crippen MR) is 56.2 cm³/mol. The smallest absolute Gasteiger partial charge is 0.337 e. The Kier molecular flexibility index (Phi) is 3.65. The van der Waals surface area contributed by atoms with Crippen molar-refractivity contribution in [1.82, 2.24) is 0 Å². The van der Waals surface area contributed by atoms with Crippen LogP contribution >= 0.6 is 0 Å². The second kappa shape index (κ2) is 4.77. The highest BCUT2D eigenvalue weighted by Gasteiger charge is 2.20. The summed E-state index contributed by atoms with van der Waals surface area (Å²) in [5.41, 5.74) is 4.06. The number of carboxylic acids is 1. The SMILES string of the molecule is CCc1cccc(C(O)C(=O)O)c1NN. The van der Waals surface area contributed by atoms with Crippen molar-refractivity contribution >= 4 is 11.7 Å². The number of hydrazine groups is 1. The summed E-state index contributed by atoms with van der Waals surface area (Å²) in [6.45, 7) is 1.92. The number of aryl methyl sites for hydroxylation is 1. The van der Waals surface area contributed by atoms with E-state index in [1.807, 2.05) is 13.0 Å². The number of hydrogen-bond donors (Lipinski definition) is 4. The number of anilines is 1. The topological polar surface area (TPSA) is 95.6 Å². The van der Waals surface area contributed by atoms with E-state index < -0.39 is 12.1 Å². The highest BCUT2D eigenvalue weighted by atomic mass is 16.4. The molecule has 5 N–H and O–H groups in total. The van der Waals surface area contributed by atoms with Crippen LogP contribution < -0.4 is 11.3 Å². The van der Waals surface area contributed by atoms with Gasteiger partial charge in [0, 0.05) is 5.56 Å². The molecule has 5 heteroatoms. The maximum Gasteiger partial charge on any atom is 0.337 e. The van der Waals surface area contributed by atoms with E-state index in [0.29, 0.717) is 12.1 Å². The molecule has 5 nitrogen and oxygen atoms in total. The van der Waals surface area contributed by atoms with Crippen LogP contribution in [0.5, 0.6) is 0 Å². The van der Waals surface area contributed by atoms with Crippen LogP contribution in [0.15, 0.2) is 18.2 Å². The number of aliphatic carboxylic acids is 1. The van der Waals surface area contributed by atoms with E-state index >= 15 is 0 Å². The molecule has 0 bridgehead atoms. The molecule has 0 aliphatic rings. The normalized spacial score (nSPS) is 12.2. The Labute approximate surface area is 87.5 Å². The Balaban J connectivity index is 3.22. The van der Waals surface area contributed by atoms with Gasteiger partial charge >= 0.3 is 5.97 Å². The number of para-hydroxylation sites is 1. The molecule has 0 saturated carbocycles. The van der Waals surface area contributed by atoms with Crippen molar-refractivity contribution in [3.8, 4) is 0 Å². The third-order valence-electron chi connectivity index (χ3n) is 2.24. The Morgan fingerprint density at radius 3 is 2.73 bits per heavy atom. The molecule has 0 heterocycles. The molecule has 0 saturated heterocycles. The first-order valence-electron chi connectivity index (χ1n) is 4.61. The summed E-state index contributed by atoms with van der Waals surface area (Å²) in [5, 5.41) is 18.1. The molecule has 1 unspecified atom stereocenters. The summed E-state index contributed by atoms with van der Waals surface area (Å²) in [7, 11) is 0. The van der Waals surface area contributed by atoms with Gasteiger partial charge in [0.1, 0.15) is 0 Å². The second-order valence-electron chi connectivity index (χ2n) is 3.12. The van der Waals surface area contributed by atoms with E-state index in [2.05, 4.69) is 5.43 Å². The lowest BCUT2D eigenvalue weighted by molar-refractivity contribution is -0.146. The molecule has 0 aliphatic carbocycles. The van der Waals surface area contributed by atoms with Crippen LogP contribution in [0.3, 0.4) is 0 Å². The predicted octanol–water partition coefficient (Wildman–Crippen LogP) is 0.653. The number of nitrogens with one attached hydrogen (secondary N) is 1. The Bertz CT molecular complexity index is 366. The van der Waals surface area contributed by atoms with Gasteiger partial charge in [0.2, 0.25) is 0 Å². The van der Waals surface area contributed by atoms with Crippen molar-refractivity contribution < 1.29 is 15.0 Å². The third-order valence-corrected chi connectivity index (χ3v) is 2.24. The lowest BCUT2D eigenvalue weighted by atomic mass is 10.0. The zero-order valence-corrected chi connectivity index (χ0v) is 8.40. The second-order valence-corrected chi connectivity index (χ2v) is 3.12. The average Bonchev–Trinajstić information content (AvgIpc) is 2.26. The number of carbonyl (C=O) groups is 1. The first-order chi connectivity index (χ1) is 7.11. The maximum absolute atomic E-state index is 10.6. The van der Waals surface area contributed by atoms with Crippen molar-refractivity contribution in [2.45, 2.75) is 19.4 Å². The van der Waals surface area contributed by atoms with Gasteiger partial charge in [-0.25, -0.2) is 4.79 Å². The number of nitrogen functional groups attached to an aromatic ring is 1. The fourth-order valence-electron chi connectivity index (χ4n) is 1.45. The van der Waals surface area contributed by atoms with Gasteiger partial charge in [0.15, 0.2) is 6.10 Å². The maximum atomic E-state index is 10.6. The van der Waals surface area contributed by atoms with Gasteiger partial charge in [-0.05, 0) is 12.0 Å². The molecular weight excluding hydrogens is 196 g/mol. The number of aliphatic hydroxyl groups excluding tert-OH is 1. The first-order valence-corrected chi connectivity index (χ1v) is 4.61. The largest absolute Gasteiger partial charge is 0.479 e. The summed E-state index contributed by atoms with van der Waals surface area (Å²) in [6, 6.07) is 5.06. The molecule has 0 aromatic heterocycles. The molecule has 0 amide bonds. The van der Waals surface area contributed by atoms with Gasteiger partial charge in [-0.1, -0.05) is 25.1 Å². The molecule has 1 aromatic rings. The minimum absolute atomic E-state index is 0.282. The van der Waals surface area contributed by atoms with Crippen LogP contribution in [-0.2, 0) is 11.2 Å². The van der Waals surface area contributed by atoms with E-state index in [1.165, 1.54) is 6.07 Å². The molecule has 0 radical (unpaired) electrons. The number of rotatable bonds is 4. The number of hydrogen-bond acceptors (Lipinski definition) is 4. The van der Waals surface area contributed by atoms with Crippen LogP contribution in [0.2, 0.25) is 0 Å². The molecule has 82 valence electrons. The van der Waals surface area contributed by atoms with Gasteiger partial charge in [-0.3, -0.25) is 5.84 Å². The zero-order valence-electron chi connectivity index (χ0n) is 8.40. The van der Waals surface area contributed by atoms with Gasteiger partial charge in [0.05, 0.1) is 5.69 Å². The number of nitrogens with two attached hydrogens (primary N) is 1. The minimum atomic E-state index is -1.55. The van der Waals surface area contributed by atoms with E-state index in [-0.39, 0.29) is 5.56 Å². The van der Waals surface area contributed by atoms with E-state index in [1.54, 1.807) is 6.07 Å². The van der Waals surface area contributed by atoms with Crippen LogP contribution in [-0.4, -0.2) is 16.2 Å². The molecule has 15 heavy (non-hydrogen) atoms. The van der Waals surface area contributed by atoms with Crippen molar-refractivity contribution in [2.75, 3.05) is 5.43 Å². The molecule has 1 atom stereocenters. The van der Waals surface area contributed by atoms with Crippen LogP contribution in [0.25, 0.3) is 0 Å². The molecular formula is C10H14N2O3. The summed E-state index contributed by atoms with van der Waals surface area (Å²) < 4.78 is 0. The fraction of sp³-hybridized carbons (Fsp3) is 0.300. The summed E-state index contributed by atoms with van der Waals surface area (Å²) in [4.78, 5) is 10.6. The van der Waals surface area contributed by atoms with E-state index in [9.17, 15) is 9.90 Å². The summed E-state index contributed by atoms with van der Waals surface area (Å²) >= 11 is 0. The van der Waals surface area contributed by atoms with Crippen LogP contribution in [0, 0.1) is 0 Å².